The van der Waals surface area contributed by atoms with Crippen LogP contribution < -0.4 is 0 Å². The number of aryl methyl sites for hydroxylation is 2. The molecule has 1 aliphatic rings. The lowest BCUT2D eigenvalue weighted by molar-refractivity contribution is -0.132. The molecule has 2 aromatic heterocycles. The Kier molecular flexibility index (Phi) is 3.94. The normalized spacial score (nSPS) is 18.1. The van der Waals surface area contributed by atoms with Gasteiger partial charge < -0.3 is 4.90 Å². The van der Waals surface area contributed by atoms with Crippen LogP contribution in [-0.2, 0) is 18.3 Å². The summed E-state index contributed by atoms with van der Waals surface area (Å²) in [6.45, 7) is 0.818. The van der Waals surface area contributed by atoms with E-state index in [0.29, 0.717) is 6.42 Å². The van der Waals surface area contributed by atoms with Gasteiger partial charge in [0.05, 0.1) is 11.7 Å². The van der Waals surface area contributed by atoms with Gasteiger partial charge in [0.2, 0.25) is 5.91 Å². The van der Waals surface area contributed by atoms with Crippen molar-refractivity contribution in [3.63, 3.8) is 0 Å². The van der Waals surface area contributed by atoms with Crippen LogP contribution in [0.25, 0.3) is 0 Å². The van der Waals surface area contributed by atoms with Crippen molar-refractivity contribution in [2.24, 2.45) is 7.05 Å². The number of hydrogen-bond acceptors (Lipinski definition) is 4. The van der Waals surface area contributed by atoms with E-state index in [1.54, 1.807) is 18.7 Å². The van der Waals surface area contributed by atoms with Crippen LogP contribution in [0.3, 0.4) is 0 Å². The maximum atomic E-state index is 12.5. The summed E-state index contributed by atoms with van der Waals surface area (Å²) in [6, 6.07) is 3.96. The van der Waals surface area contributed by atoms with Crippen molar-refractivity contribution in [3.05, 3.63) is 42.2 Å². The van der Waals surface area contributed by atoms with E-state index < -0.39 is 0 Å². The Morgan fingerprint density at radius 3 is 3.00 bits per heavy atom. The predicted molar refractivity (Wildman–Crippen MR) is 77.2 cm³/mol. The Balaban J connectivity index is 1.65. The third kappa shape index (κ3) is 2.94. The molecule has 0 N–H and O–H groups in total. The SMILES string of the molecule is Cn1nccc1CCC(=O)N1CCC[C@@H]1c1ccncn1. The molecule has 1 amide bonds. The molecule has 6 heteroatoms. The number of aromatic nitrogens is 4. The Morgan fingerprint density at radius 1 is 1.38 bits per heavy atom. The maximum absolute atomic E-state index is 12.5. The van der Waals surface area contributed by atoms with Crippen molar-refractivity contribution in [1.29, 1.82) is 0 Å². The van der Waals surface area contributed by atoms with E-state index in [9.17, 15) is 4.79 Å². The maximum Gasteiger partial charge on any atom is 0.223 e. The molecular weight excluding hydrogens is 266 g/mol. The summed E-state index contributed by atoms with van der Waals surface area (Å²) >= 11 is 0. The standard InChI is InChI=1S/C15H19N5O/c1-19-12(6-9-18-19)4-5-15(21)20-10-2-3-14(20)13-7-8-16-11-17-13/h6-9,11,14H,2-5,10H2,1H3/t14-/m1/s1. The van der Waals surface area contributed by atoms with Crippen molar-refractivity contribution in [3.8, 4) is 0 Å². The smallest absolute Gasteiger partial charge is 0.223 e. The van der Waals surface area contributed by atoms with Gasteiger partial charge in [0.25, 0.3) is 0 Å². The van der Waals surface area contributed by atoms with Crippen LogP contribution >= 0.6 is 0 Å². The number of rotatable bonds is 4. The zero-order valence-electron chi connectivity index (χ0n) is 12.1. The molecule has 0 saturated carbocycles. The Bertz CT molecular complexity index is 610. The number of amides is 1. The summed E-state index contributed by atoms with van der Waals surface area (Å²) in [7, 11) is 1.90. The zero-order chi connectivity index (χ0) is 14.7. The van der Waals surface area contributed by atoms with E-state index in [2.05, 4.69) is 15.1 Å². The first-order chi connectivity index (χ1) is 10.3. The molecule has 21 heavy (non-hydrogen) atoms. The van der Waals surface area contributed by atoms with E-state index in [1.807, 2.05) is 28.8 Å². The van der Waals surface area contributed by atoms with Crippen LogP contribution in [-0.4, -0.2) is 37.1 Å². The molecule has 1 saturated heterocycles. The average Bonchev–Trinajstić information content (AvgIpc) is 3.15. The molecule has 0 aliphatic carbocycles. The highest BCUT2D eigenvalue weighted by molar-refractivity contribution is 5.77. The molecule has 0 bridgehead atoms. The fraction of sp³-hybridized carbons (Fsp3) is 0.467. The first-order valence-corrected chi connectivity index (χ1v) is 7.28. The topological polar surface area (TPSA) is 63.9 Å². The lowest BCUT2D eigenvalue weighted by atomic mass is 10.1. The molecule has 110 valence electrons. The van der Waals surface area contributed by atoms with Gasteiger partial charge in [-0.15, -0.1) is 0 Å². The highest BCUT2D eigenvalue weighted by Gasteiger charge is 2.30. The largest absolute Gasteiger partial charge is 0.334 e. The number of carbonyl (C=O) groups excluding carboxylic acids is 1. The van der Waals surface area contributed by atoms with E-state index in [1.165, 1.54) is 0 Å². The van der Waals surface area contributed by atoms with Crippen molar-refractivity contribution >= 4 is 5.91 Å². The summed E-state index contributed by atoms with van der Waals surface area (Å²) in [6.07, 6.45) is 8.30. The second kappa shape index (κ2) is 6.03. The van der Waals surface area contributed by atoms with E-state index in [0.717, 1.165) is 37.2 Å². The van der Waals surface area contributed by atoms with Gasteiger partial charge >= 0.3 is 0 Å². The van der Waals surface area contributed by atoms with Gasteiger partial charge in [-0.1, -0.05) is 0 Å². The van der Waals surface area contributed by atoms with E-state index in [-0.39, 0.29) is 11.9 Å². The second-order valence-electron chi connectivity index (χ2n) is 5.33. The first kappa shape index (κ1) is 13.7. The third-order valence-electron chi connectivity index (χ3n) is 4.04. The zero-order valence-corrected chi connectivity index (χ0v) is 12.1. The molecule has 1 aliphatic heterocycles. The number of likely N-dealkylation sites (tertiary alicyclic amines) is 1. The molecule has 0 radical (unpaired) electrons. The minimum Gasteiger partial charge on any atom is -0.334 e. The molecule has 1 atom stereocenters. The lowest BCUT2D eigenvalue weighted by Gasteiger charge is -2.24. The summed E-state index contributed by atoms with van der Waals surface area (Å²) < 4.78 is 1.82. The summed E-state index contributed by atoms with van der Waals surface area (Å²) in [4.78, 5) is 22.7. The molecule has 0 unspecified atom stereocenters. The van der Waals surface area contributed by atoms with E-state index >= 15 is 0 Å². The first-order valence-electron chi connectivity index (χ1n) is 7.28. The van der Waals surface area contributed by atoms with Crippen LogP contribution in [0.2, 0.25) is 0 Å². The minimum atomic E-state index is 0.104. The van der Waals surface area contributed by atoms with Gasteiger partial charge in [0.15, 0.2) is 0 Å². The second-order valence-corrected chi connectivity index (χ2v) is 5.33. The monoisotopic (exact) mass is 285 g/mol. The Labute approximate surface area is 123 Å². The van der Waals surface area contributed by atoms with Crippen LogP contribution in [0.15, 0.2) is 30.9 Å². The van der Waals surface area contributed by atoms with Crippen molar-refractivity contribution in [1.82, 2.24) is 24.6 Å². The van der Waals surface area contributed by atoms with Crippen LogP contribution in [0.4, 0.5) is 0 Å². The van der Waals surface area contributed by atoms with Gasteiger partial charge in [-0.2, -0.15) is 5.10 Å². The number of carbonyl (C=O) groups is 1. The Hall–Kier alpha value is -2.24. The quantitative estimate of drug-likeness (QED) is 0.854. The van der Waals surface area contributed by atoms with Crippen LogP contribution in [0.1, 0.15) is 36.7 Å². The number of hydrogen-bond donors (Lipinski definition) is 0. The van der Waals surface area contributed by atoms with Crippen molar-refractivity contribution < 1.29 is 4.79 Å². The fourth-order valence-corrected chi connectivity index (χ4v) is 2.90. The fourth-order valence-electron chi connectivity index (χ4n) is 2.90. The van der Waals surface area contributed by atoms with Crippen molar-refractivity contribution in [2.75, 3.05) is 6.54 Å². The number of nitrogens with zero attached hydrogens (tertiary/aromatic N) is 5. The average molecular weight is 285 g/mol. The molecule has 1 fully saturated rings. The highest BCUT2D eigenvalue weighted by Crippen LogP contribution is 2.31. The molecule has 3 rings (SSSR count). The van der Waals surface area contributed by atoms with Crippen molar-refractivity contribution in [2.45, 2.75) is 31.7 Å². The predicted octanol–water partition coefficient (Wildman–Crippen LogP) is 1.51. The summed E-state index contributed by atoms with van der Waals surface area (Å²) in [5.41, 5.74) is 2.03. The Morgan fingerprint density at radius 2 is 2.29 bits per heavy atom. The van der Waals surface area contributed by atoms with E-state index in [4.69, 9.17) is 0 Å². The molecule has 0 spiro atoms. The molecule has 3 heterocycles. The summed E-state index contributed by atoms with van der Waals surface area (Å²) in [5, 5.41) is 4.13. The van der Waals surface area contributed by atoms with Gasteiger partial charge in [0.1, 0.15) is 6.33 Å². The third-order valence-corrected chi connectivity index (χ3v) is 4.04. The lowest BCUT2D eigenvalue weighted by Crippen LogP contribution is -2.31. The summed E-state index contributed by atoms with van der Waals surface area (Å²) in [5.74, 6) is 0.192. The molecule has 0 aromatic carbocycles. The van der Waals surface area contributed by atoms with Crippen LogP contribution in [0, 0.1) is 0 Å². The van der Waals surface area contributed by atoms with Gasteiger partial charge in [-0.25, -0.2) is 9.97 Å². The van der Waals surface area contributed by atoms with Gasteiger partial charge in [-0.3, -0.25) is 9.48 Å². The van der Waals surface area contributed by atoms with Crippen LogP contribution in [0.5, 0.6) is 0 Å². The van der Waals surface area contributed by atoms with Gasteiger partial charge in [-0.05, 0) is 31.4 Å². The molecule has 2 aromatic rings. The molecule has 6 nitrogen and oxygen atoms in total. The molecular formula is C15H19N5O. The highest BCUT2D eigenvalue weighted by atomic mass is 16.2. The minimum absolute atomic E-state index is 0.104. The van der Waals surface area contributed by atoms with Gasteiger partial charge in [0, 0.05) is 38.1 Å².